The molecule has 0 saturated carbocycles. The van der Waals surface area contributed by atoms with Crippen LogP contribution in [0.3, 0.4) is 0 Å². The van der Waals surface area contributed by atoms with Crippen LogP contribution in [0.5, 0.6) is 0 Å². The summed E-state index contributed by atoms with van der Waals surface area (Å²) in [5, 5.41) is 12.2. The SMILES string of the molecule is CC(C)(C)CC(C)(C(=O)OC1CC(C)(C)N(O)C(C)(C)C1)C(C)(C)C(C)(C)CC(C)(C(=O)OCC[N+](C)(C)C)C(C)(C)C. The molecule has 0 radical (unpaired) electrons. The van der Waals surface area contributed by atoms with Crippen molar-refractivity contribution in [2.45, 2.75) is 154 Å². The number of likely N-dealkylation sites (N-methyl/N-ethyl adjacent to an activating group) is 1. The van der Waals surface area contributed by atoms with Gasteiger partial charge < -0.3 is 19.2 Å². The van der Waals surface area contributed by atoms with Crippen molar-refractivity contribution in [1.82, 2.24) is 5.06 Å². The summed E-state index contributed by atoms with van der Waals surface area (Å²) in [5.41, 5.74) is -4.23. The highest BCUT2D eigenvalue weighted by molar-refractivity contribution is 5.79. The molecule has 254 valence electrons. The topological polar surface area (TPSA) is 76.1 Å². The van der Waals surface area contributed by atoms with Crippen molar-refractivity contribution in [2.24, 2.45) is 32.5 Å². The lowest BCUT2D eigenvalue weighted by molar-refractivity contribution is -0.870. The van der Waals surface area contributed by atoms with E-state index in [4.69, 9.17) is 9.47 Å². The van der Waals surface area contributed by atoms with E-state index in [9.17, 15) is 14.8 Å². The van der Waals surface area contributed by atoms with Crippen LogP contribution < -0.4 is 0 Å². The molecule has 0 aromatic rings. The molecule has 1 heterocycles. The second kappa shape index (κ2) is 12.2. The number of nitrogens with zero attached hydrogens (tertiary/aromatic N) is 2. The molecular weight excluding hydrogens is 540 g/mol. The smallest absolute Gasteiger partial charge is 0.312 e. The van der Waals surface area contributed by atoms with E-state index in [2.05, 4.69) is 97.3 Å². The highest BCUT2D eigenvalue weighted by atomic mass is 16.6. The van der Waals surface area contributed by atoms with Crippen molar-refractivity contribution in [3.8, 4) is 0 Å². The van der Waals surface area contributed by atoms with Gasteiger partial charge in [-0.3, -0.25) is 9.59 Å². The average molecular weight is 612 g/mol. The molecule has 2 atom stereocenters. The van der Waals surface area contributed by atoms with Crippen molar-refractivity contribution in [3.63, 3.8) is 0 Å². The fraction of sp³-hybridized carbons (Fsp3) is 0.944. The van der Waals surface area contributed by atoms with Crippen LogP contribution >= 0.6 is 0 Å². The maximum absolute atomic E-state index is 14.5. The minimum Gasteiger partial charge on any atom is -0.462 e. The van der Waals surface area contributed by atoms with Crippen LogP contribution in [0, 0.1) is 32.5 Å². The zero-order chi connectivity index (χ0) is 34.5. The summed E-state index contributed by atoms with van der Waals surface area (Å²) in [7, 11) is 6.27. The molecule has 1 saturated heterocycles. The summed E-state index contributed by atoms with van der Waals surface area (Å²) in [6, 6.07) is 0. The van der Waals surface area contributed by atoms with Crippen LogP contribution in [0.2, 0.25) is 0 Å². The highest BCUT2D eigenvalue weighted by Gasteiger charge is 2.61. The van der Waals surface area contributed by atoms with Gasteiger partial charge in [-0.1, -0.05) is 69.2 Å². The molecule has 1 N–H and O–H groups in total. The molecule has 7 nitrogen and oxygen atoms in total. The fourth-order valence-electron chi connectivity index (χ4n) is 7.22. The molecule has 0 spiro atoms. The van der Waals surface area contributed by atoms with E-state index in [0.717, 1.165) is 11.0 Å². The van der Waals surface area contributed by atoms with Crippen molar-refractivity contribution in [1.29, 1.82) is 0 Å². The van der Waals surface area contributed by atoms with E-state index in [1.165, 1.54) is 5.06 Å². The van der Waals surface area contributed by atoms with Gasteiger partial charge in [-0.25, -0.2) is 0 Å². The first-order valence-electron chi connectivity index (χ1n) is 16.3. The predicted octanol–water partition coefficient (Wildman–Crippen LogP) is 8.13. The Kier molecular flexibility index (Phi) is 11.3. The lowest BCUT2D eigenvalue weighted by Crippen LogP contribution is -2.61. The van der Waals surface area contributed by atoms with Crippen LogP contribution in [-0.4, -0.2) is 78.2 Å². The van der Waals surface area contributed by atoms with E-state index in [0.29, 0.717) is 32.3 Å². The van der Waals surface area contributed by atoms with Gasteiger partial charge in [0.1, 0.15) is 19.3 Å². The molecule has 0 amide bonds. The zero-order valence-corrected chi connectivity index (χ0v) is 31.8. The summed E-state index contributed by atoms with van der Waals surface area (Å²) in [6.07, 6.45) is 1.97. The summed E-state index contributed by atoms with van der Waals surface area (Å²) in [4.78, 5) is 28.4. The van der Waals surface area contributed by atoms with Gasteiger partial charge in [-0.05, 0) is 76.0 Å². The third-order valence-electron chi connectivity index (χ3n) is 11.2. The van der Waals surface area contributed by atoms with Gasteiger partial charge in [0.15, 0.2) is 0 Å². The second-order valence-corrected chi connectivity index (χ2v) is 19.9. The van der Waals surface area contributed by atoms with Gasteiger partial charge in [0.2, 0.25) is 0 Å². The van der Waals surface area contributed by atoms with Gasteiger partial charge in [0.25, 0.3) is 0 Å². The Labute approximate surface area is 266 Å². The van der Waals surface area contributed by atoms with E-state index in [1.807, 2.05) is 34.6 Å². The number of piperidine rings is 1. The van der Waals surface area contributed by atoms with Gasteiger partial charge in [0, 0.05) is 23.9 Å². The molecule has 0 aromatic heterocycles. The average Bonchev–Trinajstić information content (AvgIpc) is 2.73. The fourth-order valence-corrected chi connectivity index (χ4v) is 7.22. The Morgan fingerprint density at radius 2 is 1.21 bits per heavy atom. The molecule has 1 fully saturated rings. The van der Waals surface area contributed by atoms with Gasteiger partial charge >= 0.3 is 11.9 Å². The van der Waals surface area contributed by atoms with Gasteiger partial charge in [0.05, 0.1) is 32.0 Å². The first-order valence-corrected chi connectivity index (χ1v) is 16.3. The molecule has 2 unspecified atom stereocenters. The summed E-state index contributed by atoms with van der Waals surface area (Å²) < 4.78 is 13.1. The summed E-state index contributed by atoms with van der Waals surface area (Å²) in [6.45, 7) is 34.7. The maximum atomic E-state index is 14.5. The number of carbonyl (C=O) groups excluding carboxylic acids is 2. The molecule has 7 heteroatoms. The molecule has 0 aliphatic carbocycles. The standard InChI is InChI=1S/C36H71N2O5/c1-29(2,3)24-36(16,28(40)43-26-22-32(9,10)37(41)33(11,12)23-26)34(13,14)31(7,8)25-35(15,30(4,5)6)27(39)42-21-20-38(17,18)19/h26,41H,20-25H2,1-19H3/q+1. The molecule has 43 heavy (non-hydrogen) atoms. The van der Waals surface area contributed by atoms with Gasteiger partial charge in [-0.15, -0.1) is 0 Å². The van der Waals surface area contributed by atoms with Crippen molar-refractivity contribution in [3.05, 3.63) is 0 Å². The minimum absolute atomic E-state index is 0.147. The monoisotopic (exact) mass is 612 g/mol. The third kappa shape index (κ3) is 8.97. The Bertz CT molecular complexity index is 975. The number of ether oxygens (including phenoxy) is 2. The number of esters is 2. The maximum Gasteiger partial charge on any atom is 0.312 e. The Morgan fingerprint density at radius 3 is 1.58 bits per heavy atom. The highest BCUT2D eigenvalue weighted by Crippen LogP contribution is 2.61. The molecule has 1 aliphatic rings. The molecule has 1 aliphatic heterocycles. The lowest BCUT2D eigenvalue weighted by Gasteiger charge is -2.57. The zero-order valence-electron chi connectivity index (χ0n) is 31.8. The Hall–Kier alpha value is -1.18. The molecule has 0 aromatic carbocycles. The number of rotatable bonds is 11. The largest absolute Gasteiger partial charge is 0.462 e. The quantitative estimate of drug-likeness (QED) is 0.188. The van der Waals surface area contributed by atoms with Crippen LogP contribution in [-0.2, 0) is 19.1 Å². The second-order valence-electron chi connectivity index (χ2n) is 19.9. The summed E-state index contributed by atoms with van der Waals surface area (Å²) >= 11 is 0. The van der Waals surface area contributed by atoms with Gasteiger partial charge in [-0.2, -0.15) is 5.06 Å². The molecule has 0 bridgehead atoms. The summed E-state index contributed by atoms with van der Waals surface area (Å²) in [5.74, 6) is -0.385. The van der Waals surface area contributed by atoms with Crippen molar-refractivity contribution < 1.29 is 28.8 Å². The number of hydrogen-bond acceptors (Lipinski definition) is 6. The molecular formula is C36H71N2O5+. The van der Waals surface area contributed by atoms with Crippen LogP contribution in [0.1, 0.15) is 136 Å². The first-order chi connectivity index (χ1) is 18.7. The predicted molar refractivity (Wildman–Crippen MR) is 177 cm³/mol. The van der Waals surface area contributed by atoms with Crippen molar-refractivity contribution in [2.75, 3.05) is 34.3 Å². The van der Waals surface area contributed by atoms with E-state index in [1.54, 1.807) is 0 Å². The van der Waals surface area contributed by atoms with Crippen LogP contribution in [0.15, 0.2) is 0 Å². The normalized spacial score (nSPS) is 22.0. The van der Waals surface area contributed by atoms with Crippen molar-refractivity contribution >= 4 is 11.9 Å². The Balaban J connectivity index is 3.54. The number of hydroxylamine groups is 2. The Morgan fingerprint density at radius 1 is 0.767 bits per heavy atom. The van der Waals surface area contributed by atoms with E-state index < -0.39 is 32.7 Å². The van der Waals surface area contributed by atoms with E-state index in [-0.39, 0.29) is 28.9 Å². The van der Waals surface area contributed by atoms with Crippen LogP contribution in [0.4, 0.5) is 0 Å². The minimum atomic E-state index is -0.855. The lowest BCUT2D eigenvalue weighted by atomic mass is 9.47. The van der Waals surface area contributed by atoms with E-state index >= 15 is 0 Å². The number of hydrogen-bond donors (Lipinski definition) is 1. The number of carbonyl (C=O) groups is 2. The first kappa shape index (κ1) is 39.8. The number of quaternary nitrogens is 1. The third-order valence-corrected chi connectivity index (χ3v) is 11.2. The molecule has 1 rings (SSSR count). The van der Waals surface area contributed by atoms with Crippen LogP contribution in [0.25, 0.3) is 0 Å².